The summed E-state index contributed by atoms with van der Waals surface area (Å²) < 4.78 is 125. The van der Waals surface area contributed by atoms with Gasteiger partial charge in [0.1, 0.15) is 42.0 Å². The SMILES string of the molecule is Cc1c(Oc2ccc(S(=O)(=O)C3CC3)nc2)ncnc1OC1CCN(C(=O)OC(C)(C)C)CC1.Cc1c(Oc2ccc(S(=O)(=O)C3CC3)nc2)ncnc1OC1CCN(S(=O)(=O)C2CC2)CC1.O=S(=O)(Cl)C1CC1. The van der Waals surface area contributed by atoms with Gasteiger partial charge >= 0.3 is 6.09 Å². The number of nitrogens with zero attached hydrogens (tertiary/aromatic N) is 8. The van der Waals surface area contributed by atoms with Gasteiger partial charge in [-0.25, -0.2) is 72.7 Å². The van der Waals surface area contributed by atoms with Crippen molar-refractivity contribution in [2.24, 2.45) is 0 Å². The highest BCUT2D eigenvalue weighted by Crippen LogP contribution is 2.37. The number of carbonyl (C=O) groups is 1. The first kappa shape index (κ1) is 55.2. The zero-order chi connectivity index (χ0) is 53.2. The first-order chi connectivity index (χ1) is 34.9. The van der Waals surface area contributed by atoms with Crippen LogP contribution in [0.1, 0.15) is 109 Å². The highest BCUT2D eigenvalue weighted by atomic mass is 35.7. The molecule has 0 spiro atoms. The highest BCUT2D eigenvalue weighted by molar-refractivity contribution is 8.14. The van der Waals surface area contributed by atoms with Gasteiger partial charge in [-0.3, -0.25) is 0 Å². The number of amides is 1. The van der Waals surface area contributed by atoms with Crippen molar-refractivity contribution in [1.82, 2.24) is 39.1 Å². The summed E-state index contributed by atoms with van der Waals surface area (Å²) in [6.07, 6.45) is 13.1. The number of aromatic nitrogens is 6. The number of carbonyl (C=O) groups excluding carboxylic acids is 1. The third-order valence-corrected chi connectivity index (χ3v) is 21.4. The van der Waals surface area contributed by atoms with Crippen LogP contribution in [0.2, 0.25) is 0 Å². The molecule has 1 amide bonds. The van der Waals surface area contributed by atoms with Crippen molar-refractivity contribution in [1.29, 1.82) is 0 Å². The molecule has 4 aromatic heterocycles. The number of sulfone groups is 2. The molecule has 6 aliphatic rings. The van der Waals surface area contributed by atoms with Crippen LogP contribution in [0.5, 0.6) is 35.0 Å². The second-order valence-electron chi connectivity index (χ2n) is 20.0. The van der Waals surface area contributed by atoms with Crippen molar-refractivity contribution >= 4 is 55.5 Å². The quantitative estimate of drug-likeness (QED) is 0.113. The lowest BCUT2D eigenvalue weighted by Crippen LogP contribution is -2.44. The standard InChI is InChI=1S/C23H30N4O6S.C21H26N4O6S2.C3H5ClO2S/c1-15-20(31-16-9-11-27(12-10-16)22(28)33-23(2,3)4)25-14-26-21(15)32-17-5-8-19(24-13-17)34(29,30)18-6-7-18;1-14-20(30-15-8-10-25(11-9-15)33(28,29)18-5-6-18)23-13-24-21(14)31-16-2-7-19(22-12-16)32(26,27)17-3-4-17;4-7(5,6)3-1-2-3/h5,8,13-14,16,18H,6-7,9-12H2,1-4H3;2,7,12-13,15,17-18H,3-6,8-11H2,1H3;3H,1-2H2. The van der Waals surface area contributed by atoms with Crippen LogP contribution < -0.4 is 18.9 Å². The van der Waals surface area contributed by atoms with Gasteiger partial charge in [0.15, 0.2) is 29.7 Å². The van der Waals surface area contributed by atoms with Gasteiger partial charge in [0.25, 0.3) is 0 Å². The summed E-state index contributed by atoms with van der Waals surface area (Å²) in [4.78, 5) is 38.8. The number of rotatable bonds is 15. The minimum atomic E-state index is -3.35. The zero-order valence-corrected chi connectivity index (χ0v) is 45.7. The number of likely N-dealkylation sites (tertiary alicyclic amines) is 1. The largest absolute Gasteiger partial charge is 0.474 e. The van der Waals surface area contributed by atoms with E-state index in [0.29, 0.717) is 118 Å². The molecule has 0 radical (unpaired) electrons. The number of piperidine rings is 2. The molecule has 404 valence electrons. The van der Waals surface area contributed by atoms with Crippen molar-refractivity contribution in [3.05, 3.63) is 60.4 Å². The molecule has 6 fully saturated rings. The molecule has 2 saturated heterocycles. The molecule has 0 unspecified atom stereocenters. The minimum Gasteiger partial charge on any atom is -0.474 e. The zero-order valence-electron chi connectivity index (χ0n) is 41.7. The Morgan fingerprint density at radius 1 is 0.541 bits per heavy atom. The third-order valence-electron chi connectivity index (χ3n) is 12.6. The van der Waals surface area contributed by atoms with Crippen molar-refractivity contribution < 1.29 is 62.2 Å². The van der Waals surface area contributed by atoms with Crippen LogP contribution in [0.3, 0.4) is 0 Å². The van der Waals surface area contributed by atoms with Gasteiger partial charge in [-0.15, -0.1) is 0 Å². The van der Waals surface area contributed by atoms with E-state index >= 15 is 0 Å². The van der Waals surface area contributed by atoms with Gasteiger partial charge in [-0.2, -0.15) is 0 Å². The van der Waals surface area contributed by atoms with Crippen LogP contribution in [0.25, 0.3) is 0 Å². The van der Waals surface area contributed by atoms with E-state index in [4.69, 9.17) is 34.4 Å². The van der Waals surface area contributed by atoms with E-state index in [1.165, 1.54) is 37.2 Å². The number of hydrogen-bond donors (Lipinski definition) is 0. The summed E-state index contributed by atoms with van der Waals surface area (Å²) in [7, 11) is -8.12. The lowest BCUT2D eigenvalue weighted by molar-refractivity contribution is 0.0122. The molecule has 74 heavy (non-hydrogen) atoms. The van der Waals surface area contributed by atoms with Gasteiger partial charge in [-0.05, 0) is 123 Å². The van der Waals surface area contributed by atoms with Crippen molar-refractivity contribution in [2.75, 3.05) is 26.2 Å². The number of pyridine rings is 2. The molecule has 22 nitrogen and oxygen atoms in total. The molecular formula is C47H61ClN8O14S4. The van der Waals surface area contributed by atoms with Crippen molar-refractivity contribution in [2.45, 2.75) is 161 Å². The topological polar surface area (TPSA) is 284 Å². The summed E-state index contributed by atoms with van der Waals surface area (Å²) in [6.45, 7) is 11.1. The molecule has 0 N–H and O–H groups in total. The smallest absolute Gasteiger partial charge is 0.410 e. The first-order valence-corrected chi connectivity index (χ1v) is 31.5. The van der Waals surface area contributed by atoms with Crippen LogP contribution in [0.4, 0.5) is 4.79 Å². The van der Waals surface area contributed by atoms with Crippen LogP contribution in [0.15, 0.2) is 59.4 Å². The minimum absolute atomic E-state index is 0.0517. The van der Waals surface area contributed by atoms with Crippen molar-refractivity contribution in [3.63, 3.8) is 0 Å². The second kappa shape index (κ2) is 22.3. The molecular weight excluding hydrogens is 1060 g/mol. The van der Waals surface area contributed by atoms with Gasteiger partial charge in [0.2, 0.25) is 42.6 Å². The lowest BCUT2D eigenvalue weighted by atomic mass is 10.1. The fraction of sp³-hybridized carbons (Fsp3) is 0.596. The molecule has 0 bridgehead atoms. The summed E-state index contributed by atoms with van der Waals surface area (Å²) in [5.74, 6) is 2.10. The van der Waals surface area contributed by atoms with E-state index in [0.717, 1.165) is 25.7 Å². The predicted octanol–water partition coefficient (Wildman–Crippen LogP) is 6.65. The van der Waals surface area contributed by atoms with E-state index in [9.17, 15) is 38.5 Å². The van der Waals surface area contributed by atoms with Crippen LogP contribution in [-0.2, 0) is 43.5 Å². The van der Waals surface area contributed by atoms with Crippen LogP contribution in [-0.4, -0.2) is 144 Å². The third kappa shape index (κ3) is 14.5. The Bertz CT molecular complexity index is 3100. The maximum Gasteiger partial charge on any atom is 0.410 e. The van der Waals surface area contributed by atoms with E-state index in [-0.39, 0.29) is 55.2 Å². The van der Waals surface area contributed by atoms with E-state index < -0.39 is 44.3 Å². The van der Waals surface area contributed by atoms with E-state index in [1.54, 1.807) is 35.2 Å². The number of hydrogen-bond acceptors (Lipinski definition) is 20. The highest BCUT2D eigenvalue weighted by Gasteiger charge is 2.42. The van der Waals surface area contributed by atoms with E-state index in [2.05, 4.69) is 29.9 Å². The fourth-order valence-electron chi connectivity index (χ4n) is 7.72. The predicted molar refractivity (Wildman–Crippen MR) is 269 cm³/mol. The average Bonchev–Trinajstić information content (AvgIpc) is 4.15. The normalized spacial score (nSPS) is 19.2. The molecule has 0 atom stereocenters. The Morgan fingerprint density at radius 3 is 1.27 bits per heavy atom. The number of sulfonamides is 1. The van der Waals surface area contributed by atoms with Gasteiger partial charge in [0.05, 0.1) is 44.5 Å². The Hall–Kier alpha value is -5.02. The molecule has 6 heterocycles. The molecule has 10 rings (SSSR count). The maximum absolute atomic E-state index is 12.4. The Kier molecular flexibility index (Phi) is 16.6. The average molecular weight is 1130 g/mol. The van der Waals surface area contributed by atoms with Crippen molar-refractivity contribution in [3.8, 4) is 35.0 Å². The van der Waals surface area contributed by atoms with Crippen LogP contribution in [0, 0.1) is 13.8 Å². The van der Waals surface area contributed by atoms with Gasteiger partial charge < -0.3 is 28.6 Å². The molecule has 4 aromatic rings. The summed E-state index contributed by atoms with van der Waals surface area (Å²) in [5.41, 5.74) is 0.687. The molecule has 2 aliphatic heterocycles. The number of halogens is 1. The molecule has 4 aliphatic carbocycles. The monoisotopic (exact) mass is 1120 g/mol. The van der Waals surface area contributed by atoms with Crippen LogP contribution >= 0.6 is 10.7 Å². The fourth-order valence-corrected chi connectivity index (χ4v) is 13.9. The Morgan fingerprint density at radius 2 is 0.932 bits per heavy atom. The molecule has 4 saturated carbocycles. The molecule has 0 aromatic carbocycles. The maximum atomic E-state index is 12.4. The summed E-state index contributed by atoms with van der Waals surface area (Å²) in [5, 5.41) is -0.933. The lowest BCUT2D eigenvalue weighted by Gasteiger charge is -2.33. The van der Waals surface area contributed by atoms with Gasteiger partial charge in [-0.1, -0.05) is 0 Å². The summed E-state index contributed by atoms with van der Waals surface area (Å²) >= 11 is 0. The summed E-state index contributed by atoms with van der Waals surface area (Å²) in [6, 6.07) is 6.02. The molecule has 27 heteroatoms. The first-order valence-electron chi connectivity index (χ1n) is 24.5. The Labute approximate surface area is 436 Å². The van der Waals surface area contributed by atoms with Gasteiger partial charge in [0, 0.05) is 49.7 Å². The second-order valence-corrected chi connectivity index (χ2v) is 29.5. The number of ether oxygens (including phenoxy) is 5. The Balaban J connectivity index is 0.000000174. The van der Waals surface area contributed by atoms with E-state index in [1.807, 2.05) is 20.8 Å².